The zero-order valence-electron chi connectivity index (χ0n) is 11.8. The lowest BCUT2D eigenvalue weighted by atomic mass is 10.2. The van der Waals surface area contributed by atoms with Crippen molar-refractivity contribution in [2.45, 2.75) is 38.0 Å². The molecule has 0 aliphatic carbocycles. The molecule has 0 aromatic heterocycles. The van der Waals surface area contributed by atoms with E-state index in [4.69, 9.17) is 9.84 Å². The molecule has 2 rings (SSSR count). The summed E-state index contributed by atoms with van der Waals surface area (Å²) in [6.07, 6.45) is -1.07. The van der Waals surface area contributed by atoms with Gasteiger partial charge in [0.15, 0.2) is 6.10 Å². The van der Waals surface area contributed by atoms with E-state index in [0.717, 1.165) is 0 Å². The van der Waals surface area contributed by atoms with E-state index in [1.165, 1.54) is 4.90 Å². The van der Waals surface area contributed by atoms with Crippen LogP contribution in [0.5, 0.6) is 5.75 Å². The van der Waals surface area contributed by atoms with Crippen LogP contribution < -0.4 is 4.74 Å². The van der Waals surface area contributed by atoms with Crippen molar-refractivity contribution in [1.82, 2.24) is 4.90 Å². The van der Waals surface area contributed by atoms with Gasteiger partial charge in [-0.05, 0) is 18.6 Å². The number of amides is 1. The number of aliphatic hydroxyl groups is 1. The van der Waals surface area contributed by atoms with E-state index in [0.29, 0.717) is 12.2 Å². The summed E-state index contributed by atoms with van der Waals surface area (Å²) in [4.78, 5) is 24.9. The van der Waals surface area contributed by atoms with Gasteiger partial charge in [-0.25, -0.2) is 4.79 Å². The molecule has 114 valence electrons. The second-order valence-electron chi connectivity index (χ2n) is 5.06. The Morgan fingerprint density at radius 3 is 2.62 bits per heavy atom. The molecule has 1 aromatic rings. The minimum Gasteiger partial charge on any atom is -0.481 e. The molecule has 1 aliphatic heterocycles. The van der Waals surface area contributed by atoms with Crippen LogP contribution in [0, 0.1) is 0 Å². The first-order valence-corrected chi connectivity index (χ1v) is 6.96. The fourth-order valence-corrected chi connectivity index (χ4v) is 2.45. The first-order valence-electron chi connectivity index (χ1n) is 6.96. The van der Waals surface area contributed by atoms with Gasteiger partial charge in [0.05, 0.1) is 6.10 Å². The first-order chi connectivity index (χ1) is 10.0. The highest BCUT2D eigenvalue weighted by Crippen LogP contribution is 2.22. The van der Waals surface area contributed by atoms with E-state index in [1.807, 2.05) is 6.07 Å². The van der Waals surface area contributed by atoms with Gasteiger partial charge in [0, 0.05) is 13.0 Å². The van der Waals surface area contributed by atoms with E-state index in [-0.39, 0.29) is 13.0 Å². The smallest absolute Gasteiger partial charge is 0.326 e. The van der Waals surface area contributed by atoms with Crippen molar-refractivity contribution in [3.63, 3.8) is 0 Å². The van der Waals surface area contributed by atoms with Gasteiger partial charge in [0.2, 0.25) is 0 Å². The van der Waals surface area contributed by atoms with Crippen molar-refractivity contribution >= 4 is 11.9 Å². The number of benzene rings is 1. The lowest BCUT2D eigenvalue weighted by Gasteiger charge is -2.26. The number of rotatable bonds is 5. The number of β-amino-alcohol motifs (C(OH)–C–C–N with tert-alkyl or cyclic N) is 1. The van der Waals surface area contributed by atoms with E-state index < -0.39 is 30.1 Å². The molecule has 0 radical (unpaired) electrons. The fraction of sp³-hybridized carbons (Fsp3) is 0.467. The third kappa shape index (κ3) is 3.52. The Labute approximate surface area is 122 Å². The summed E-state index contributed by atoms with van der Waals surface area (Å²) in [5.74, 6) is -0.941. The van der Waals surface area contributed by atoms with Gasteiger partial charge in [0.25, 0.3) is 5.91 Å². The molecule has 0 bridgehead atoms. The van der Waals surface area contributed by atoms with Gasteiger partial charge < -0.3 is 19.8 Å². The molecular formula is C15H19NO5. The minimum absolute atomic E-state index is 0.0322. The Morgan fingerprint density at radius 2 is 2.05 bits per heavy atom. The van der Waals surface area contributed by atoms with Crippen molar-refractivity contribution in [1.29, 1.82) is 0 Å². The number of carbonyl (C=O) groups excluding carboxylic acids is 1. The van der Waals surface area contributed by atoms with E-state index in [1.54, 1.807) is 31.2 Å². The SMILES string of the molecule is CCC(Oc1ccccc1)C(=O)N1C[C@H](O)C[C@H]1C(=O)O. The second kappa shape index (κ2) is 6.58. The van der Waals surface area contributed by atoms with Crippen LogP contribution >= 0.6 is 0 Å². The third-order valence-electron chi connectivity index (χ3n) is 3.51. The number of hydrogen-bond acceptors (Lipinski definition) is 4. The van der Waals surface area contributed by atoms with Crippen molar-refractivity contribution in [2.75, 3.05) is 6.54 Å². The van der Waals surface area contributed by atoms with Gasteiger partial charge in [0.1, 0.15) is 11.8 Å². The average molecular weight is 293 g/mol. The molecule has 1 saturated heterocycles. The van der Waals surface area contributed by atoms with E-state index >= 15 is 0 Å². The number of aliphatic hydroxyl groups excluding tert-OH is 1. The summed E-state index contributed by atoms with van der Waals surface area (Å²) < 4.78 is 5.64. The molecule has 6 nitrogen and oxygen atoms in total. The number of carboxylic acids is 1. The van der Waals surface area contributed by atoms with Gasteiger partial charge in [-0.15, -0.1) is 0 Å². The highest BCUT2D eigenvalue weighted by molar-refractivity contribution is 5.87. The molecule has 1 aromatic carbocycles. The number of aliphatic carboxylic acids is 1. The quantitative estimate of drug-likeness (QED) is 0.842. The monoisotopic (exact) mass is 293 g/mol. The molecule has 1 aliphatic rings. The molecule has 3 atom stereocenters. The molecule has 1 amide bonds. The number of carbonyl (C=O) groups is 2. The number of hydrogen-bond donors (Lipinski definition) is 2. The van der Waals surface area contributed by atoms with Gasteiger partial charge in [-0.3, -0.25) is 4.79 Å². The van der Waals surface area contributed by atoms with Crippen LogP contribution in [0.1, 0.15) is 19.8 Å². The Morgan fingerprint density at radius 1 is 1.38 bits per heavy atom. The lowest BCUT2D eigenvalue weighted by molar-refractivity contribution is -0.151. The Kier molecular flexibility index (Phi) is 4.80. The maximum absolute atomic E-state index is 12.5. The van der Waals surface area contributed by atoms with Crippen LogP contribution in [-0.4, -0.2) is 51.8 Å². The summed E-state index contributed by atoms with van der Waals surface area (Å²) in [6, 6.07) is 7.93. The number of para-hydroxylation sites is 1. The molecule has 0 spiro atoms. The standard InChI is InChI=1S/C15H19NO5/c1-2-13(21-11-6-4-3-5-7-11)14(18)16-9-10(17)8-12(16)15(19)20/h3-7,10,12-13,17H,2,8-9H2,1H3,(H,19,20)/t10-,12+,13?/m1/s1. The van der Waals surface area contributed by atoms with Crippen LogP contribution in [0.4, 0.5) is 0 Å². The van der Waals surface area contributed by atoms with Crippen LogP contribution in [0.25, 0.3) is 0 Å². The highest BCUT2D eigenvalue weighted by atomic mass is 16.5. The fourth-order valence-electron chi connectivity index (χ4n) is 2.45. The predicted molar refractivity (Wildman–Crippen MR) is 74.9 cm³/mol. The first kappa shape index (κ1) is 15.3. The summed E-state index contributed by atoms with van der Waals surface area (Å²) in [5, 5.41) is 18.8. The van der Waals surface area contributed by atoms with Crippen LogP contribution in [0.3, 0.4) is 0 Å². The van der Waals surface area contributed by atoms with Gasteiger partial charge >= 0.3 is 5.97 Å². The van der Waals surface area contributed by atoms with Crippen LogP contribution in [0.2, 0.25) is 0 Å². The van der Waals surface area contributed by atoms with Gasteiger partial charge in [-0.1, -0.05) is 25.1 Å². The lowest BCUT2D eigenvalue weighted by Crippen LogP contribution is -2.47. The Bertz CT molecular complexity index is 504. The number of nitrogens with zero attached hydrogens (tertiary/aromatic N) is 1. The zero-order valence-corrected chi connectivity index (χ0v) is 11.8. The molecular weight excluding hydrogens is 274 g/mol. The molecule has 1 heterocycles. The molecule has 1 unspecified atom stereocenters. The van der Waals surface area contributed by atoms with E-state index in [9.17, 15) is 14.7 Å². The molecule has 0 saturated carbocycles. The minimum atomic E-state index is -1.10. The summed E-state index contributed by atoms with van der Waals surface area (Å²) in [6.45, 7) is 1.83. The summed E-state index contributed by atoms with van der Waals surface area (Å²) >= 11 is 0. The Balaban J connectivity index is 2.10. The highest BCUT2D eigenvalue weighted by Gasteiger charge is 2.41. The van der Waals surface area contributed by atoms with Crippen molar-refractivity contribution in [2.24, 2.45) is 0 Å². The zero-order chi connectivity index (χ0) is 15.4. The second-order valence-corrected chi connectivity index (χ2v) is 5.06. The van der Waals surface area contributed by atoms with Crippen LogP contribution in [0.15, 0.2) is 30.3 Å². The van der Waals surface area contributed by atoms with Crippen molar-refractivity contribution in [3.8, 4) is 5.75 Å². The maximum atomic E-state index is 12.5. The Hall–Kier alpha value is -2.08. The normalized spacial score (nSPS) is 22.9. The molecule has 21 heavy (non-hydrogen) atoms. The van der Waals surface area contributed by atoms with Crippen molar-refractivity contribution < 1.29 is 24.5 Å². The molecule has 2 N–H and O–H groups in total. The van der Waals surface area contributed by atoms with Crippen LogP contribution in [-0.2, 0) is 9.59 Å². The predicted octanol–water partition coefficient (Wildman–Crippen LogP) is 0.890. The van der Waals surface area contributed by atoms with E-state index in [2.05, 4.69) is 0 Å². The largest absolute Gasteiger partial charge is 0.481 e. The third-order valence-corrected chi connectivity index (χ3v) is 3.51. The molecule has 1 fully saturated rings. The number of ether oxygens (including phenoxy) is 1. The average Bonchev–Trinajstić information content (AvgIpc) is 2.87. The number of carboxylic acid groups (broad SMARTS) is 1. The topological polar surface area (TPSA) is 87.1 Å². The molecule has 6 heteroatoms. The summed E-state index contributed by atoms with van der Waals surface area (Å²) in [5.41, 5.74) is 0. The van der Waals surface area contributed by atoms with Crippen molar-refractivity contribution in [3.05, 3.63) is 30.3 Å². The summed E-state index contributed by atoms with van der Waals surface area (Å²) in [7, 11) is 0. The number of likely N-dealkylation sites (tertiary alicyclic amines) is 1. The maximum Gasteiger partial charge on any atom is 0.326 e. The van der Waals surface area contributed by atoms with Gasteiger partial charge in [-0.2, -0.15) is 0 Å².